The lowest BCUT2D eigenvalue weighted by molar-refractivity contribution is -0.122. The van der Waals surface area contributed by atoms with Crippen molar-refractivity contribution in [1.82, 2.24) is 9.88 Å². The first kappa shape index (κ1) is 19.8. The van der Waals surface area contributed by atoms with Gasteiger partial charge in [-0.1, -0.05) is 60.7 Å². The van der Waals surface area contributed by atoms with E-state index in [2.05, 4.69) is 4.98 Å². The lowest BCUT2D eigenvalue weighted by atomic mass is 10.0. The van der Waals surface area contributed by atoms with Crippen molar-refractivity contribution < 1.29 is 9.59 Å². The molecule has 2 aromatic carbocycles. The van der Waals surface area contributed by atoms with Crippen molar-refractivity contribution in [2.24, 2.45) is 5.73 Å². The van der Waals surface area contributed by atoms with Crippen molar-refractivity contribution in [2.75, 3.05) is 7.05 Å². The minimum Gasteiger partial charge on any atom is -0.368 e. The zero-order valence-electron chi connectivity index (χ0n) is 16.0. The predicted molar refractivity (Wildman–Crippen MR) is 112 cm³/mol. The van der Waals surface area contributed by atoms with E-state index in [0.717, 1.165) is 21.0 Å². The number of amides is 2. The summed E-state index contributed by atoms with van der Waals surface area (Å²) in [6, 6.07) is 18.8. The number of carbonyl (C=O) groups is 2. The van der Waals surface area contributed by atoms with E-state index in [1.807, 2.05) is 67.6 Å². The van der Waals surface area contributed by atoms with Gasteiger partial charge in [0, 0.05) is 7.05 Å². The third kappa shape index (κ3) is 4.46. The molecule has 0 aliphatic rings. The van der Waals surface area contributed by atoms with Crippen LogP contribution in [-0.2, 0) is 11.2 Å². The fourth-order valence-electron chi connectivity index (χ4n) is 3.14. The van der Waals surface area contributed by atoms with Gasteiger partial charge in [0.15, 0.2) is 0 Å². The van der Waals surface area contributed by atoms with E-state index in [1.165, 1.54) is 16.2 Å². The Hall–Kier alpha value is -2.99. The molecular formula is C22H23N3O2S. The van der Waals surface area contributed by atoms with Gasteiger partial charge >= 0.3 is 0 Å². The smallest absolute Gasteiger partial charge is 0.274 e. The molecule has 5 nitrogen and oxygen atoms in total. The maximum atomic E-state index is 13.2. The average Bonchev–Trinajstić information content (AvgIpc) is 3.10. The van der Waals surface area contributed by atoms with Crippen LogP contribution in [0.1, 0.15) is 27.5 Å². The number of hydrogen-bond acceptors (Lipinski definition) is 4. The first-order valence-corrected chi connectivity index (χ1v) is 9.92. The normalized spacial score (nSPS) is 11.8. The minimum atomic E-state index is -0.696. The molecule has 0 spiro atoms. The predicted octanol–water partition coefficient (Wildman–Crippen LogP) is 3.68. The summed E-state index contributed by atoms with van der Waals surface area (Å²) in [4.78, 5) is 31.9. The number of aromatic nitrogens is 1. The summed E-state index contributed by atoms with van der Waals surface area (Å²) in [5.41, 5.74) is 8.02. The lowest BCUT2D eigenvalue weighted by Crippen LogP contribution is -2.46. The molecule has 1 unspecified atom stereocenters. The van der Waals surface area contributed by atoms with Gasteiger partial charge in [-0.3, -0.25) is 9.59 Å². The van der Waals surface area contributed by atoms with Crippen LogP contribution < -0.4 is 5.73 Å². The third-order valence-electron chi connectivity index (χ3n) is 4.64. The van der Waals surface area contributed by atoms with E-state index in [0.29, 0.717) is 18.5 Å². The van der Waals surface area contributed by atoms with E-state index in [4.69, 9.17) is 5.73 Å². The first-order chi connectivity index (χ1) is 13.5. The Morgan fingerprint density at radius 1 is 1.07 bits per heavy atom. The SMILES string of the molecule is Cc1nc(C(=O)N(C)C(CCc2ccccc2)C(N)=O)c(-c2ccccc2)s1. The highest BCUT2D eigenvalue weighted by Gasteiger charge is 2.29. The number of benzene rings is 2. The van der Waals surface area contributed by atoms with Gasteiger partial charge in [-0.15, -0.1) is 11.3 Å². The summed E-state index contributed by atoms with van der Waals surface area (Å²) < 4.78 is 0. The molecule has 28 heavy (non-hydrogen) atoms. The fourth-order valence-corrected chi connectivity index (χ4v) is 4.06. The molecule has 1 atom stereocenters. The van der Waals surface area contributed by atoms with Crippen LogP contribution in [0.4, 0.5) is 0 Å². The summed E-state index contributed by atoms with van der Waals surface area (Å²) >= 11 is 1.47. The van der Waals surface area contributed by atoms with Gasteiger partial charge in [0.2, 0.25) is 5.91 Å². The Morgan fingerprint density at radius 2 is 1.68 bits per heavy atom. The number of thiazole rings is 1. The second kappa shape index (κ2) is 8.80. The van der Waals surface area contributed by atoms with E-state index in [-0.39, 0.29) is 5.91 Å². The molecule has 0 radical (unpaired) electrons. The van der Waals surface area contributed by atoms with Gasteiger partial charge in [0.1, 0.15) is 11.7 Å². The Labute approximate surface area is 168 Å². The van der Waals surface area contributed by atoms with Crippen molar-refractivity contribution in [3.8, 4) is 10.4 Å². The molecule has 6 heteroatoms. The number of aryl methyl sites for hydroxylation is 2. The Bertz CT molecular complexity index is 954. The summed E-state index contributed by atoms with van der Waals surface area (Å²) in [5.74, 6) is -0.806. The van der Waals surface area contributed by atoms with E-state index < -0.39 is 11.9 Å². The topological polar surface area (TPSA) is 76.3 Å². The zero-order valence-corrected chi connectivity index (χ0v) is 16.8. The Balaban J connectivity index is 1.83. The summed E-state index contributed by atoms with van der Waals surface area (Å²) in [6.45, 7) is 1.87. The standard InChI is InChI=1S/C22H23N3O2S/c1-15-24-19(20(28-15)17-11-7-4-8-12-17)22(27)25(2)18(21(23)26)14-13-16-9-5-3-6-10-16/h3-12,18H,13-14H2,1-2H3,(H2,23,26). The first-order valence-electron chi connectivity index (χ1n) is 9.10. The van der Waals surface area contributed by atoms with E-state index in [1.54, 1.807) is 7.05 Å². The summed E-state index contributed by atoms with van der Waals surface area (Å²) in [5, 5.41) is 0.801. The molecule has 0 saturated heterocycles. The fraction of sp³-hybridized carbons (Fsp3) is 0.227. The molecular weight excluding hydrogens is 370 g/mol. The average molecular weight is 394 g/mol. The van der Waals surface area contributed by atoms with Crippen LogP contribution in [0.5, 0.6) is 0 Å². The molecule has 144 valence electrons. The molecule has 0 aliphatic heterocycles. The van der Waals surface area contributed by atoms with Crippen LogP contribution in [0.2, 0.25) is 0 Å². The monoisotopic (exact) mass is 393 g/mol. The number of rotatable bonds is 7. The number of primary amides is 1. The van der Waals surface area contributed by atoms with Gasteiger partial charge in [-0.25, -0.2) is 4.98 Å². The lowest BCUT2D eigenvalue weighted by Gasteiger charge is -2.25. The van der Waals surface area contributed by atoms with Crippen LogP contribution >= 0.6 is 11.3 Å². The molecule has 3 aromatic rings. The van der Waals surface area contributed by atoms with Crippen molar-refractivity contribution in [2.45, 2.75) is 25.8 Å². The molecule has 2 N–H and O–H groups in total. The molecule has 0 saturated carbocycles. The third-order valence-corrected chi connectivity index (χ3v) is 5.66. The van der Waals surface area contributed by atoms with Crippen LogP contribution in [-0.4, -0.2) is 34.8 Å². The van der Waals surface area contributed by atoms with Gasteiger partial charge in [0.25, 0.3) is 5.91 Å². The number of likely N-dealkylation sites (N-methyl/N-ethyl adjacent to an activating group) is 1. The van der Waals surface area contributed by atoms with Crippen molar-refractivity contribution in [1.29, 1.82) is 0 Å². The second-order valence-corrected chi connectivity index (χ2v) is 7.84. The Morgan fingerprint density at radius 3 is 2.29 bits per heavy atom. The van der Waals surface area contributed by atoms with Crippen molar-refractivity contribution in [3.63, 3.8) is 0 Å². The van der Waals surface area contributed by atoms with Gasteiger partial charge < -0.3 is 10.6 Å². The highest BCUT2D eigenvalue weighted by molar-refractivity contribution is 7.15. The molecule has 0 bridgehead atoms. The number of carbonyl (C=O) groups excluding carboxylic acids is 2. The van der Waals surface area contributed by atoms with Crippen LogP contribution in [0.25, 0.3) is 10.4 Å². The highest BCUT2D eigenvalue weighted by Crippen LogP contribution is 2.31. The number of nitrogens with two attached hydrogens (primary N) is 1. The van der Waals surface area contributed by atoms with Crippen LogP contribution in [0, 0.1) is 6.92 Å². The quantitative estimate of drug-likeness (QED) is 0.665. The maximum Gasteiger partial charge on any atom is 0.274 e. The van der Waals surface area contributed by atoms with Gasteiger partial charge in [-0.05, 0) is 30.9 Å². The van der Waals surface area contributed by atoms with E-state index in [9.17, 15) is 9.59 Å². The minimum absolute atomic E-state index is 0.292. The molecule has 2 amide bonds. The molecule has 1 heterocycles. The van der Waals surface area contributed by atoms with Crippen molar-refractivity contribution >= 4 is 23.2 Å². The molecule has 3 rings (SSSR count). The second-order valence-electron chi connectivity index (χ2n) is 6.64. The highest BCUT2D eigenvalue weighted by atomic mass is 32.1. The maximum absolute atomic E-state index is 13.2. The zero-order chi connectivity index (χ0) is 20.1. The number of hydrogen-bond donors (Lipinski definition) is 1. The summed E-state index contributed by atoms with van der Waals surface area (Å²) in [7, 11) is 1.62. The molecule has 0 aliphatic carbocycles. The summed E-state index contributed by atoms with van der Waals surface area (Å²) in [6.07, 6.45) is 1.12. The van der Waals surface area contributed by atoms with Gasteiger partial charge in [-0.2, -0.15) is 0 Å². The van der Waals surface area contributed by atoms with Gasteiger partial charge in [0.05, 0.1) is 9.88 Å². The van der Waals surface area contributed by atoms with Crippen LogP contribution in [0.15, 0.2) is 60.7 Å². The van der Waals surface area contributed by atoms with E-state index >= 15 is 0 Å². The molecule has 1 aromatic heterocycles. The number of nitrogens with zero attached hydrogens (tertiary/aromatic N) is 2. The Kier molecular flexibility index (Phi) is 6.21. The van der Waals surface area contributed by atoms with Crippen LogP contribution in [0.3, 0.4) is 0 Å². The van der Waals surface area contributed by atoms with Crippen molar-refractivity contribution in [3.05, 3.63) is 76.9 Å². The molecule has 0 fully saturated rings. The largest absolute Gasteiger partial charge is 0.368 e.